The van der Waals surface area contributed by atoms with Crippen molar-refractivity contribution in [2.75, 3.05) is 32.2 Å². The van der Waals surface area contributed by atoms with Crippen LogP contribution in [0.25, 0.3) is 0 Å². The fourth-order valence-electron chi connectivity index (χ4n) is 2.82. The first-order valence-electron chi connectivity index (χ1n) is 7.33. The van der Waals surface area contributed by atoms with Crippen molar-refractivity contribution in [2.45, 2.75) is 24.8 Å². The lowest BCUT2D eigenvalue weighted by Crippen LogP contribution is -2.42. The van der Waals surface area contributed by atoms with Gasteiger partial charge in [0, 0.05) is 19.0 Å². The highest BCUT2D eigenvalue weighted by Crippen LogP contribution is 2.33. The second kappa shape index (κ2) is 7.71. The Balaban J connectivity index is 1.98. The maximum atomic E-state index is 12.3. The number of thioether (sulfide) groups is 1. The maximum Gasteiger partial charge on any atom is 0.239 e. The van der Waals surface area contributed by atoms with E-state index in [-0.39, 0.29) is 11.9 Å². The number of carbonyl (C=O) groups is 1. The average molecular weight is 308 g/mol. The molecule has 0 radical (unpaired) electrons. The molecule has 1 fully saturated rings. The quantitative estimate of drug-likeness (QED) is 0.874. The van der Waals surface area contributed by atoms with E-state index >= 15 is 0 Å². The van der Waals surface area contributed by atoms with E-state index in [0.29, 0.717) is 5.92 Å². The summed E-state index contributed by atoms with van der Waals surface area (Å²) < 4.78 is 5.42. The number of likely N-dealkylation sites (tertiary alicyclic amines) is 1. The summed E-state index contributed by atoms with van der Waals surface area (Å²) in [6.45, 7) is 1.53. The van der Waals surface area contributed by atoms with Gasteiger partial charge in [0.2, 0.25) is 5.91 Å². The number of hydrogen-bond donors (Lipinski definition) is 1. The van der Waals surface area contributed by atoms with Crippen LogP contribution < -0.4 is 10.5 Å². The molecule has 1 aromatic rings. The third-order valence-corrected chi connectivity index (χ3v) is 4.67. The molecule has 2 atom stereocenters. The fraction of sp³-hybridized carbons (Fsp3) is 0.562. The van der Waals surface area contributed by atoms with Crippen LogP contribution in [0.15, 0.2) is 24.3 Å². The Morgan fingerprint density at radius 1 is 1.52 bits per heavy atom. The van der Waals surface area contributed by atoms with Crippen LogP contribution >= 0.6 is 11.8 Å². The molecular weight excluding hydrogens is 284 g/mol. The summed E-state index contributed by atoms with van der Waals surface area (Å²) in [5, 5.41) is 0. The van der Waals surface area contributed by atoms with Crippen molar-refractivity contribution in [3.63, 3.8) is 0 Å². The van der Waals surface area contributed by atoms with E-state index < -0.39 is 0 Å². The van der Waals surface area contributed by atoms with Crippen molar-refractivity contribution in [3.8, 4) is 5.75 Å². The van der Waals surface area contributed by atoms with Crippen LogP contribution in [0.5, 0.6) is 5.75 Å². The van der Waals surface area contributed by atoms with Gasteiger partial charge in [-0.2, -0.15) is 11.8 Å². The molecule has 2 rings (SSSR count). The predicted molar refractivity (Wildman–Crippen MR) is 87.9 cm³/mol. The molecule has 0 bridgehead atoms. The standard InChI is InChI=1S/C16H24N2O2S/c1-20-15-6-4-3-5-13(15)12-7-9-18(11-12)16(19)14(17)8-10-21-2/h3-6,12,14H,7-11,17H2,1-2H3/t12?,14-/m0/s1. The number of methoxy groups -OCH3 is 1. The van der Waals surface area contributed by atoms with Crippen LogP contribution in [0, 0.1) is 0 Å². The Kier molecular flexibility index (Phi) is 5.94. The van der Waals surface area contributed by atoms with Gasteiger partial charge in [-0.3, -0.25) is 4.79 Å². The Labute approximate surface area is 131 Å². The normalized spacial score (nSPS) is 19.6. The van der Waals surface area contributed by atoms with Crippen LogP contribution in [-0.2, 0) is 4.79 Å². The van der Waals surface area contributed by atoms with Gasteiger partial charge in [0.15, 0.2) is 0 Å². The van der Waals surface area contributed by atoms with Gasteiger partial charge in [-0.25, -0.2) is 0 Å². The molecule has 1 amide bonds. The number of nitrogens with two attached hydrogens (primary N) is 1. The van der Waals surface area contributed by atoms with Crippen molar-refractivity contribution in [3.05, 3.63) is 29.8 Å². The number of amides is 1. The first kappa shape index (κ1) is 16.2. The van der Waals surface area contributed by atoms with Crippen LogP contribution in [0.2, 0.25) is 0 Å². The minimum Gasteiger partial charge on any atom is -0.496 e. The zero-order valence-electron chi connectivity index (χ0n) is 12.7. The molecule has 21 heavy (non-hydrogen) atoms. The summed E-state index contributed by atoms with van der Waals surface area (Å²) in [6, 6.07) is 7.69. The lowest BCUT2D eigenvalue weighted by molar-refractivity contribution is -0.131. The number of rotatable bonds is 6. The van der Waals surface area contributed by atoms with E-state index in [1.165, 1.54) is 5.56 Å². The summed E-state index contributed by atoms with van der Waals surface area (Å²) in [6.07, 6.45) is 3.75. The fourth-order valence-corrected chi connectivity index (χ4v) is 3.31. The molecule has 4 nitrogen and oxygen atoms in total. The number of ether oxygens (including phenoxy) is 1. The van der Waals surface area contributed by atoms with Gasteiger partial charge in [0.1, 0.15) is 5.75 Å². The van der Waals surface area contributed by atoms with E-state index in [0.717, 1.165) is 37.4 Å². The highest BCUT2D eigenvalue weighted by atomic mass is 32.2. The van der Waals surface area contributed by atoms with Gasteiger partial charge in [0.25, 0.3) is 0 Å². The smallest absolute Gasteiger partial charge is 0.239 e. The minimum absolute atomic E-state index is 0.0847. The van der Waals surface area contributed by atoms with Gasteiger partial charge in [-0.15, -0.1) is 0 Å². The van der Waals surface area contributed by atoms with Crippen molar-refractivity contribution in [1.29, 1.82) is 0 Å². The first-order chi connectivity index (χ1) is 10.2. The monoisotopic (exact) mass is 308 g/mol. The lowest BCUT2D eigenvalue weighted by Gasteiger charge is -2.21. The molecule has 1 saturated heterocycles. The van der Waals surface area contributed by atoms with Crippen molar-refractivity contribution in [2.24, 2.45) is 5.73 Å². The summed E-state index contributed by atoms with van der Waals surface area (Å²) >= 11 is 1.72. The highest BCUT2D eigenvalue weighted by Gasteiger charge is 2.31. The van der Waals surface area contributed by atoms with Crippen molar-refractivity contribution >= 4 is 17.7 Å². The zero-order valence-corrected chi connectivity index (χ0v) is 13.6. The Hall–Kier alpha value is -1.20. The number of carbonyl (C=O) groups excluding carboxylic acids is 1. The molecule has 1 heterocycles. The van der Waals surface area contributed by atoms with Crippen molar-refractivity contribution < 1.29 is 9.53 Å². The molecule has 1 aromatic carbocycles. The number of nitrogens with zero attached hydrogens (tertiary/aromatic N) is 1. The second-order valence-corrected chi connectivity index (χ2v) is 6.39. The van der Waals surface area contributed by atoms with Crippen LogP contribution in [0.3, 0.4) is 0 Å². The lowest BCUT2D eigenvalue weighted by atomic mass is 9.97. The van der Waals surface area contributed by atoms with Crippen LogP contribution in [-0.4, -0.2) is 49.1 Å². The van der Waals surface area contributed by atoms with Gasteiger partial charge in [-0.05, 0) is 36.5 Å². The summed E-state index contributed by atoms with van der Waals surface area (Å²) in [5.41, 5.74) is 7.18. The van der Waals surface area contributed by atoms with E-state index in [1.54, 1.807) is 18.9 Å². The Morgan fingerprint density at radius 2 is 2.29 bits per heavy atom. The minimum atomic E-state index is -0.367. The highest BCUT2D eigenvalue weighted by molar-refractivity contribution is 7.98. The molecule has 2 N–H and O–H groups in total. The molecule has 0 saturated carbocycles. The molecule has 1 unspecified atom stereocenters. The molecule has 1 aliphatic rings. The summed E-state index contributed by atoms with van der Waals surface area (Å²) in [7, 11) is 1.69. The number of hydrogen-bond acceptors (Lipinski definition) is 4. The molecule has 5 heteroatoms. The van der Waals surface area contributed by atoms with Gasteiger partial charge >= 0.3 is 0 Å². The SMILES string of the molecule is COc1ccccc1C1CCN(C(=O)[C@@H](N)CCSC)C1. The summed E-state index contributed by atoms with van der Waals surface area (Å²) in [4.78, 5) is 14.2. The third kappa shape index (κ3) is 3.92. The zero-order chi connectivity index (χ0) is 15.2. The first-order valence-corrected chi connectivity index (χ1v) is 8.73. The Morgan fingerprint density at radius 3 is 3.00 bits per heavy atom. The van der Waals surface area contributed by atoms with Gasteiger partial charge in [0.05, 0.1) is 13.2 Å². The van der Waals surface area contributed by atoms with Crippen molar-refractivity contribution in [1.82, 2.24) is 4.90 Å². The topological polar surface area (TPSA) is 55.6 Å². The van der Waals surface area contributed by atoms with Crippen LogP contribution in [0.4, 0.5) is 0 Å². The molecule has 116 valence electrons. The third-order valence-electron chi connectivity index (χ3n) is 4.03. The second-order valence-electron chi connectivity index (χ2n) is 5.40. The molecule has 0 aromatic heterocycles. The van der Waals surface area contributed by atoms with Crippen LogP contribution in [0.1, 0.15) is 24.3 Å². The molecule has 0 aliphatic carbocycles. The van der Waals surface area contributed by atoms with Gasteiger partial charge in [-0.1, -0.05) is 18.2 Å². The number of para-hydroxylation sites is 1. The van der Waals surface area contributed by atoms with E-state index in [9.17, 15) is 4.79 Å². The maximum absolute atomic E-state index is 12.3. The predicted octanol–water partition coefficient (Wildman–Crippen LogP) is 2.09. The van der Waals surface area contributed by atoms with E-state index in [1.807, 2.05) is 29.4 Å². The average Bonchev–Trinajstić information content (AvgIpc) is 3.01. The molecule has 0 spiro atoms. The Bertz CT molecular complexity index is 481. The van der Waals surface area contributed by atoms with E-state index in [2.05, 4.69) is 6.07 Å². The van der Waals surface area contributed by atoms with E-state index in [4.69, 9.17) is 10.5 Å². The largest absolute Gasteiger partial charge is 0.496 e. The molecular formula is C16H24N2O2S. The molecule has 1 aliphatic heterocycles. The summed E-state index contributed by atoms with van der Waals surface area (Å²) in [5.74, 6) is 2.26. The van der Waals surface area contributed by atoms with Gasteiger partial charge < -0.3 is 15.4 Å². The number of benzene rings is 1.